The lowest BCUT2D eigenvalue weighted by Gasteiger charge is -2.32. The van der Waals surface area contributed by atoms with Gasteiger partial charge in [-0.2, -0.15) is 0 Å². The molecule has 3 nitrogen and oxygen atoms in total. The van der Waals surface area contributed by atoms with E-state index < -0.39 is 0 Å². The van der Waals surface area contributed by atoms with E-state index in [0.717, 1.165) is 26.1 Å². The van der Waals surface area contributed by atoms with Crippen LogP contribution in [0, 0.1) is 0 Å². The molecule has 0 N–H and O–H groups in total. The fraction of sp³-hybridized carbons (Fsp3) is 0.421. The molecule has 2 heterocycles. The van der Waals surface area contributed by atoms with E-state index in [0.29, 0.717) is 12.6 Å². The van der Waals surface area contributed by atoms with Crippen LogP contribution in [-0.4, -0.2) is 34.8 Å². The fourth-order valence-corrected chi connectivity index (χ4v) is 3.86. The lowest BCUT2D eigenvalue weighted by molar-refractivity contribution is -0.134. The minimum Gasteiger partial charge on any atom is -0.337 e. The summed E-state index contributed by atoms with van der Waals surface area (Å²) >= 11 is 1.81. The van der Waals surface area contributed by atoms with Crippen molar-refractivity contribution in [3.63, 3.8) is 0 Å². The first-order valence-electron chi connectivity index (χ1n) is 8.24. The SMILES string of the molecule is CC(C)N(CC(=O)N1CCc2sccc2C1)Cc1ccccc1. The first kappa shape index (κ1) is 16.2. The van der Waals surface area contributed by atoms with Crippen LogP contribution >= 0.6 is 11.3 Å². The minimum absolute atomic E-state index is 0.242. The van der Waals surface area contributed by atoms with Crippen LogP contribution in [-0.2, 0) is 24.3 Å². The molecule has 1 aromatic heterocycles. The van der Waals surface area contributed by atoms with Crippen LogP contribution in [0.25, 0.3) is 0 Å². The van der Waals surface area contributed by atoms with Gasteiger partial charge in [0.1, 0.15) is 0 Å². The van der Waals surface area contributed by atoms with Crippen molar-refractivity contribution in [2.75, 3.05) is 13.1 Å². The molecule has 23 heavy (non-hydrogen) atoms. The van der Waals surface area contributed by atoms with E-state index in [1.54, 1.807) is 0 Å². The molecular weight excluding hydrogens is 304 g/mol. The third kappa shape index (κ3) is 4.01. The zero-order valence-electron chi connectivity index (χ0n) is 13.9. The van der Waals surface area contributed by atoms with Gasteiger partial charge in [-0.05, 0) is 42.8 Å². The van der Waals surface area contributed by atoms with Crippen LogP contribution in [0.1, 0.15) is 29.9 Å². The van der Waals surface area contributed by atoms with Crippen LogP contribution in [0.4, 0.5) is 0 Å². The van der Waals surface area contributed by atoms with Gasteiger partial charge in [-0.1, -0.05) is 30.3 Å². The molecule has 0 aliphatic carbocycles. The standard InChI is InChI=1S/C19H24N2OS/c1-15(2)21(12-16-6-4-3-5-7-16)14-19(22)20-10-8-18-17(13-20)9-11-23-18/h3-7,9,11,15H,8,10,12-14H2,1-2H3. The molecule has 0 bridgehead atoms. The maximum atomic E-state index is 12.7. The van der Waals surface area contributed by atoms with Crippen LogP contribution in [0.5, 0.6) is 0 Å². The number of rotatable bonds is 5. The molecule has 2 aromatic rings. The second-order valence-corrected chi connectivity index (χ2v) is 7.42. The van der Waals surface area contributed by atoms with E-state index in [2.05, 4.69) is 54.5 Å². The Bertz CT molecular complexity index is 650. The summed E-state index contributed by atoms with van der Waals surface area (Å²) in [5.74, 6) is 0.242. The van der Waals surface area contributed by atoms with Crippen LogP contribution < -0.4 is 0 Å². The molecule has 0 radical (unpaired) electrons. The monoisotopic (exact) mass is 328 g/mol. The Labute approximate surface area is 142 Å². The second kappa shape index (κ2) is 7.28. The topological polar surface area (TPSA) is 23.6 Å². The summed E-state index contributed by atoms with van der Waals surface area (Å²) in [5.41, 5.74) is 2.58. The zero-order chi connectivity index (χ0) is 16.2. The van der Waals surface area contributed by atoms with Crippen molar-refractivity contribution in [1.29, 1.82) is 0 Å². The summed E-state index contributed by atoms with van der Waals surface area (Å²) in [6.07, 6.45) is 0.999. The first-order valence-corrected chi connectivity index (χ1v) is 9.12. The number of hydrogen-bond acceptors (Lipinski definition) is 3. The van der Waals surface area contributed by atoms with Crippen molar-refractivity contribution in [3.8, 4) is 0 Å². The maximum absolute atomic E-state index is 12.7. The van der Waals surface area contributed by atoms with Gasteiger partial charge in [0.05, 0.1) is 6.54 Å². The van der Waals surface area contributed by atoms with E-state index >= 15 is 0 Å². The van der Waals surface area contributed by atoms with Gasteiger partial charge in [0.15, 0.2) is 0 Å². The van der Waals surface area contributed by atoms with Gasteiger partial charge in [-0.15, -0.1) is 11.3 Å². The molecule has 4 heteroatoms. The van der Waals surface area contributed by atoms with E-state index in [1.165, 1.54) is 16.0 Å². The third-order valence-corrected chi connectivity index (χ3v) is 5.48. The Kier molecular flexibility index (Phi) is 5.13. The molecule has 122 valence electrons. The van der Waals surface area contributed by atoms with Gasteiger partial charge in [0.25, 0.3) is 0 Å². The minimum atomic E-state index is 0.242. The van der Waals surface area contributed by atoms with Gasteiger partial charge in [-0.3, -0.25) is 9.69 Å². The van der Waals surface area contributed by atoms with E-state index in [4.69, 9.17) is 0 Å². The molecule has 1 aliphatic heterocycles. The van der Waals surface area contributed by atoms with Crippen LogP contribution in [0.2, 0.25) is 0 Å². The van der Waals surface area contributed by atoms with Crippen molar-refractivity contribution in [1.82, 2.24) is 9.80 Å². The number of nitrogens with zero attached hydrogens (tertiary/aromatic N) is 2. The Balaban J connectivity index is 1.63. The Morgan fingerprint density at radius 2 is 2.04 bits per heavy atom. The Morgan fingerprint density at radius 1 is 1.26 bits per heavy atom. The number of benzene rings is 1. The van der Waals surface area contributed by atoms with Crippen LogP contribution in [0.3, 0.4) is 0 Å². The van der Waals surface area contributed by atoms with Gasteiger partial charge < -0.3 is 4.90 Å². The highest BCUT2D eigenvalue weighted by molar-refractivity contribution is 7.10. The quantitative estimate of drug-likeness (QED) is 0.838. The predicted molar refractivity (Wildman–Crippen MR) is 95.4 cm³/mol. The number of carbonyl (C=O) groups excluding carboxylic acids is 1. The van der Waals surface area contributed by atoms with Crippen LogP contribution in [0.15, 0.2) is 41.8 Å². The number of amides is 1. The second-order valence-electron chi connectivity index (χ2n) is 6.42. The summed E-state index contributed by atoms with van der Waals surface area (Å²) in [5, 5.41) is 2.13. The third-order valence-electron chi connectivity index (χ3n) is 4.46. The first-order chi connectivity index (χ1) is 11.1. The normalized spacial score (nSPS) is 14.3. The lowest BCUT2D eigenvalue weighted by Crippen LogP contribution is -2.44. The zero-order valence-corrected chi connectivity index (χ0v) is 14.7. The largest absolute Gasteiger partial charge is 0.337 e. The summed E-state index contributed by atoms with van der Waals surface area (Å²) < 4.78 is 0. The average Bonchev–Trinajstić information content (AvgIpc) is 3.02. The summed E-state index contributed by atoms with van der Waals surface area (Å²) in [7, 11) is 0. The molecular formula is C19H24N2OS. The van der Waals surface area contributed by atoms with Gasteiger partial charge >= 0.3 is 0 Å². The van der Waals surface area contributed by atoms with E-state index in [1.807, 2.05) is 22.3 Å². The molecule has 1 aliphatic rings. The molecule has 0 atom stereocenters. The van der Waals surface area contributed by atoms with E-state index in [9.17, 15) is 4.79 Å². The number of hydrogen-bond donors (Lipinski definition) is 0. The maximum Gasteiger partial charge on any atom is 0.237 e. The molecule has 1 aromatic carbocycles. The van der Waals surface area contributed by atoms with Gasteiger partial charge in [0, 0.05) is 30.6 Å². The molecule has 3 rings (SSSR count). The van der Waals surface area contributed by atoms with Crippen molar-refractivity contribution in [3.05, 3.63) is 57.8 Å². The highest BCUT2D eigenvalue weighted by Gasteiger charge is 2.24. The summed E-state index contributed by atoms with van der Waals surface area (Å²) in [4.78, 5) is 18.4. The van der Waals surface area contributed by atoms with Gasteiger partial charge in [0.2, 0.25) is 5.91 Å². The number of carbonyl (C=O) groups is 1. The molecule has 1 amide bonds. The molecule has 0 saturated carbocycles. The van der Waals surface area contributed by atoms with Crippen molar-refractivity contribution in [2.24, 2.45) is 0 Å². The summed E-state index contributed by atoms with van der Waals surface area (Å²) in [6.45, 7) is 7.25. The Morgan fingerprint density at radius 3 is 2.78 bits per heavy atom. The van der Waals surface area contributed by atoms with Crippen molar-refractivity contribution < 1.29 is 4.79 Å². The molecule has 0 saturated heterocycles. The smallest absolute Gasteiger partial charge is 0.237 e. The predicted octanol–water partition coefficient (Wildman–Crippen LogP) is 3.54. The lowest BCUT2D eigenvalue weighted by atomic mass is 10.1. The van der Waals surface area contributed by atoms with E-state index in [-0.39, 0.29) is 5.91 Å². The Hall–Kier alpha value is -1.65. The number of fused-ring (bicyclic) bond motifs is 1. The number of thiophene rings is 1. The highest BCUT2D eigenvalue weighted by atomic mass is 32.1. The van der Waals surface area contributed by atoms with Crippen molar-refractivity contribution >= 4 is 17.2 Å². The molecule has 0 unspecified atom stereocenters. The average molecular weight is 328 g/mol. The van der Waals surface area contributed by atoms with Gasteiger partial charge in [-0.25, -0.2) is 0 Å². The van der Waals surface area contributed by atoms with Crippen molar-refractivity contribution in [2.45, 2.75) is 39.4 Å². The molecule has 0 fully saturated rings. The summed E-state index contributed by atoms with van der Waals surface area (Å²) in [6, 6.07) is 12.9. The fourth-order valence-electron chi connectivity index (χ4n) is 2.97. The highest BCUT2D eigenvalue weighted by Crippen LogP contribution is 2.24. The molecule has 0 spiro atoms.